The molecule has 2 N–H and O–H groups in total. The smallest absolute Gasteiger partial charge is 0.215 e. The van der Waals surface area contributed by atoms with Gasteiger partial charge in [0.05, 0.1) is 12.2 Å². The predicted molar refractivity (Wildman–Crippen MR) is 37.7 cm³/mol. The SMILES string of the molecule is C[C@@H]1O[C@@H](O)[C@](C)(O)O[C@H]1C. The van der Waals surface area contributed by atoms with E-state index < -0.39 is 12.1 Å². The van der Waals surface area contributed by atoms with Gasteiger partial charge in [0, 0.05) is 0 Å². The highest BCUT2D eigenvalue weighted by Gasteiger charge is 2.41. The first-order valence-electron chi connectivity index (χ1n) is 3.67. The standard InChI is InChI=1S/C7H14O4/c1-4-5(2)11-7(3,9)6(8)10-4/h4-6,8-9H,1-3H3/t4-,5-,6+,7+/m0/s1. The van der Waals surface area contributed by atoms with Gasteiger partial charge in [0.1, 0.15) is 0 Å². The summed E-state index contributed by atoms with van der Waals surface area (Å²) in [5, 5.41) is 18.5. The van der Waals surface area contributed by atoms with E-state index in [1.165, 1.54) is 6.92 Å². The van der Waals surface area contributed by atoms with Gasteiger partial charge in [-0.2, -0.15) is 0 Å². The summed E-state index contributed by atoms with van der Waals surface area (Å²) in [6.45, 7) is 4.94. The van der Waals surface area contributed by atoms with Gasteiger partial charge in [-0.1, -0.05) is 0 Å². The first-order chi connectivity index (χ1) is 4.93. The van der Waals surface area contributed by atoms with Crippen LogP contribution in [-0.4, -0.2) is 34.5 Å². The molecule has 1 fully saturated rings. The van der Waals surface area contributed by atoms with Crippen molar-refractivity contribution in [3.63, 3.8) is 0 Å². The minimum absolute atomic E-state index is 0.190. The van der Waals surface area contributed by atoms with E-state index in [9.17, 15) is 5.11 Å². The van der Waals surface area contributed by atoms with E-state index in [2.05, 4.69) is 0 Å². The Morgan fingerprint density at radius 2 is 1.82 bits per heavy atom. The molecule has 0 radical (unpaired) electrons. The largest absolute Gasteiger partial charge is 0.364 e. The lowest BCUT2D eigenvalue weighted by Gasteiger charge is -2.40. The average molecular weight is 162 g/mol. The molecule has 11 heavy (non-hydrogen) atoms. The highest BCUT2D eigenvalue weighted by Crippen LogP contribution is 2.25. The van der Waals surface area contributed by atoms with Crippen LogP contribution < -0.4 is 0 Å². The summed E-state index contributed by atoms with van der Waals surface area (Å²) in [6.07, 6.45) is -1.65. The van der Waals surface area contributed by atoms with Crippen LogP contribution in [-0.2, 0) is 9.47 Å². The maximum atomic E-state index is 9.33. The van der Waals surface area contributed by atoms with Gasteiger partial charge in [-0.15, -0.1) is 0 Å². The zero-order chi connectivity index (χ0) is 8.65. The summed E-state index contributed by atoms with van der Waals surface area (Å²) in [5.41, 5.74) is 0. The van der Waals surface area contributed by atoms with E-state index in [4.69, 9.17) is 14.6 Å². The van der Waals surface area contributed by atoms with Crippen molar-refractivity contribution in [2.75, 3.05) is 0 Å². The average Bonchev–Trinajstić information content (AvgIpc) is 1.83. The number of ether oxygens (including phenoxy) is 2. The second-order valence-electron chi connectivity index (χ2n) is 3.07. The van der Waals surface area contributed by atoms with Crippen molar-refractivity contribution in [3.05, 3.63) is 0 Å². The van der Waals surface area contributed by atoms with Gasteiger partial charge in [0.25, 0.3) is 0 Å². The molecular weight excluding hydrogens is 148 g/mol. The third-order valence-corrected chi connectivity index (χ3v) is 1.89. The molecule has 0 aromatic carbocycles. The Morgan fingerprint density at radius 1 is 1.27 bits per heavy atom. The van der Waals surface area contributed by atoms with Crippen LogP contribution in [0.4, 0.5) is 0 Å². The normalized spacial score (nSPS) is 52.6. The van der Waals surface area contributed by atoms with Gasteiger partial charge >= 0.3 is 0 Å². The molecule has 1 saturated heterocycles. The van der Waals surface area contributed by atoms with Crippen molar-refractivity contribution in [3.8, 4) is 0 Å². The number of rotatable bonds is 0. The molecule has 0 saturated carbocycles. The molecule has 4 heteroatoms. The van der Waals surface area contributed by atoms with E-state index in [1.807, 2.05) is 0 Å². The highest BCUT2D eigenvalue weighted by atomic mass is 16.7. The quantitative estimate of drug-likeness (QED) is 0.519. The third kappa shape index (κ3) is 1.70. The summed E-state index contributed by atoms with van der Waals surface area (Å²) >= 11 is 0. The van der Waals surface area contributed by atoms with E-state index in [0.717, 1.165) is 0 Å². The van der Waals surface area contributed by atoms with Crippen LogP contribution in [0.3, 0.4) is 0 Å². The van der Waals surface area contributed by atoms with E-state index in [0.29, 0.717) is 0 Å². The molecule has 4 nitrogen and oxygen atoms in total. The fourth-order valence-electron chi connectivity index (χ4n) is 0.971. The Kier molecular flexibility index (Phi) is 2.20. The maximum Gasteiger partial charge on any atom is 0.215 e. The van der Waals surface area contributed by atoms with Gasteiger partial charge in [0.2, 0.25) is 12.1 Å². The van der Waals surface area contributed by atoms with Gasteiger partial charge < -0.3 is 19.7 Å². The summed E-state index contributed by atoms with van der Waals surface area (Å²) in [7, 11) is 0. The Labute approximate surface area is 65.7 Å². The number of aliphatic hydroxyl groups is 2. The van der Waals surface area contributed by atoms with Crippen molar-refractivity contribution < 1.29 is 19.7 Å². The van der Waals surface area contributed by atoms with Crippen molar-refractivity contribution in [1.29, 1.82) is 0 Å². The molecule has 0 aromatic heterocycles. The maximum absolute atomic E-state index is 9.33. The number of aliphatic hydroxyl groups excluding tert-OH is 1. The molecule has 1 heterocycles. The molecule has 1 rings (SSSR count). The van der Waals surface area contributed by atoms with Crippen molar-refractivity contribution >= 4 is 0 Å². The van der Waals surface area contributed by atoms with Crippen LogP contribution in [0.5, 0.6) is 0 Å². The molecule has 1 aliphatic rings. The minimum Gasteiger partial charge on any atom is -0.364 e. The monoisotopic (exact) mass is 162 g/mol. The first kappa shape index (κ1) is 8.93. The van der Waals surface area contributed by atoms with Crippen LogP contribution in [0.15, 0.2) is 0 Å². The van der Waals surface area contributed by atoms with Gasteiger partial charge in [-0.05, 0) is 20.8 Å². The summed E-state index contributed by atoms with van der Waals surface area (Å²) in [5.74, 6) is -1.58. The van der Waals surface area contributed by atoms with Crippen molar-refractivity contribution in [1.82, 2.24) is 0 Å². The lowest BCUT2D eigenvalue weighted by Crippen LogP contribution is -2.54. The van der Waals surface area contributed by atoms with E-state index in [1.54, 1.807) is 13.8 Å². The lowest BCUT2D eigenvalue weighted by molar-refractivity contribution is -0.385. The van der Waals surface area contributed by atoms with Crippen LogP contribution >= 0.6 is 0 Å². The summed E-state index contributed by atoms with van der Waals surface area (Å²) in [6, 6.07) is 0. The molecule has 66 valence electrons. The van der Waals surface area contributed by atoms with E-state index >= 15 is 0 Å². The molecule has 4 atom stereocenters. The fourth-order valence-corrected chi connectivity index (χ4v) is 0.971. The number of hydrogen-bond acceptors (Lipinski definition) is 4. The Hall–Kier alpha value is -0.160. The van der Waals surface area contributed by atoms with Crippen LogP contribution in [0.25, 0.3) is 0 Å². The highest BCUT2D eigenvalue weighted by molar-refractivity contribution is 4.76. The third-order valence-electron chi connectivity index (χ3n) is 1.89. The van der Waals surface area contributed by atoms with Gasteiger partial charge in [0.15, 0.2) is 0 Å². The summed E-state index contributed by atoms with van der Waals surface area (Å²) in [4.78, 5) is 0. The first-order valence-corrected chi connectivity index (χ1v) is 3.67. The minimum atomic E-state index is -1.58. The van der Waals surface area contributed by atoms with Crippen molar-refractivity contribution in [2.45, 2.75) is 45.1 Å². The topological polar surface area (TPSA) is 58.9 Å². The van der Waals surface area contributed by atoms with Crippen molar-refractivity contribution in [2.24, 2.45) is 0 Å². The Balaban J connectivity index is 2.63. The second-order valence-corrected chi connectivity index (χ2v) is 3.07. The molecule has 0 aromatic rings. The number of hydrogen-bond donors (Lipinski definition) is 2. The van der Waals surface area contributed by atoms with Crippen LogP contribution in [0, 0.1) is 0 Å². The lowest BCUT2D eigenvalue weighted by atomic mass is 10.2. The Bertz CT molecular complexity index is 145. The van der Waals surface area contributed by atoms with E-state index in [-0.39, 0.29) is 12.2 Å². The molecule has 0 spiro atoms. The zero-order valence-electron chi connectivity index (χ0n) is 6.94. The molecule has 1 aliphatic heterocycles. The molecule has 0 bridgehead atoms. The molecule has 0 unspecified atom stereocenters. The predicted octanol–water partition coefficient (Wildman–Crippen LogP) is -0.163. The van der Waals surface area contributed by atoms with Gasteiger partial charge in [-0.3, -0.25) is 0 Å². The second kappa shape index (κ2) is 2.71. The van der Waals surface area contributed by atoms with Gasteiger partial charge in [-0.25, -0.2) is 0 Å². The zero-order valence-corrected chi connectivity index (χ0v) is 6.94. The summed E-state index contributed by atoms with van der Waals surface area (Å²) < 4.78 is 10.1. The Morgan fingerprint density at radius 3 is 2.27 bits per heavy atom. The fraction of sp³-hybridized carbons (Fsp3) is 1.00. The van der Waals surface area contributed by atoms with Crippen LogP contribution in [0.2, 0.25) is 0 Å². The molecular formula is C7H14O4. The molecule has 0 amide bonds. The van der Waals surface area contributed by atoms with Crippen LogP contribution in [0.1, 0.15) is 20.8 Å². The molecule has 0 aliphatic carbocycles.